The smallest absolute Gasteiger partial charge is 0.255 e. The zero-order valence-corrected chi connectivity index (χ0v) is 10.7. The molecule has 4 heteroatoms. The average Bonchev–Trinajstić information content (AvgIpc) is 2.36. The topological polar surface area (TPSA) is 49.3 Å². The summed E-state index contributed by atoms with van der Waals surface area (Å²) in [5.74, 6) is -0.732. The van der Waals surface area contributed by atoms with Crippen LogP contribution in [0.25, 0.3) is 0 Å². The zero-order valence-electron chi connectivity index (χ0n) is 10.7. The number of aromatic hydroxyl groups is 1. The number of amides is 1. The number of phenols is 1. The van der Waals surface area contributed by atoms with Crippen molar-refractivity contribution in [3.05, 3.63) is 58.9 Å². The fourth-order valence-corrected chi connectivity index (χ4v) is 1.73. The molecule has 2 aromatic carbocycles. The Morgan fingerprint density at radius 1 is 1.16 bits per heavy atom. The minimum Gasteiger partial charge on any atom is -0.506 e. The van der Waals surface area contributed by atoms with E-state index >= 15 is 0 Å². The second kappa shape index (κ2) is 5.10. The van der Waals surface area contributed by atoms with Gasteiger partial charge in [0.2, 0.25) is 0 Å². The van der Waals surface area contributed by atoms with Gasteiger partial charge in [-0.3, -0.25) is 4.79 Å². The van der Waals surface area contributed by atoms with E-state index in [0.29, 0.717) is 16.8 Å². The van der Waals surface area contributed by atoms with Gasteiger partial charge in [-0.15, -0.1) is 0 Å². The number of carbonyl (C=O) groups excluding carboxylic acids is 1. The Hall–Kier alpha value is -2.36. The van der Waals surface area contributed by atoms with Crippen LogP contribution in [-0.4, -0.2) is 11.0 Å². The van der Waals surface area contributed by atoms with Crippen LogP contribution in [0.4, 0.5) is 10.1 Å². The van der Waals surface area contributed by atoms with Gasteiger partial charge >= 0.3 is 0 Å². The first kappa shape index (κ1) is 13.1. The van der Waals surface area contributed by atoms with Gasteiger partial charge in [-0.05, 0) is 55.3 Å². The highest BCUT2D eigenvalue weighted by atomic mass is 19.1. The standard InChI is InChI=1S/C15H14FNO2/c1-9-3-6-13(14(18)7-9)17-15(19)11-4-5-12(16)10(2)8-11/h3-8,18H,1-2H3,(H,17,19). The van der Waals surface area contributed by atoms with E-state index in [1.165, 1.54) is 18.2 Å². The molecule has 0 saturated carbocycles. The summed E-state index contributed by atoms with van der Waals surface area (Å²) in [4.78, 5) is 12.0. The molecule has 0 bridgehead atoms. The van der Waals surface area contributed by atoms with Crippen molar-refractivity contribution >= 4 is 11.6 Å². The third kappa shape index (κ3) is 2.91. The lowest BCUT2D eigenvalue weighted by molar-refractivity contribution is 0.102. The van der Waals surface area contributed by atoms with Crippen LogP contribution in [0.5, 0.6) is 5.75 Å². The summed E-state index contributed by atoms with van der Waals surface area (Å²) in [7, 11) is 0. The summed E-state index contributed by atoms with van der Waals surface area (Å²) in [6, 6.07) is 9.09. The van der Waals surface area contributed by atoms with E-state index in [1.807, 2.05) is 6.92 Å². The number of halogens is 1. The van der Waals surface area contributed by atoms with Gasteiger partial charge in [0.25, 0.3) is 5.91 Å². The molecule has 3 nitrogen and oxygen atoms in total. The third-order valence-corrected chi connectivity index (χ3v) is 2.82. The molecule has 0 fully saturated rings. The second-order valence-corrected chi connectivity index (χ2v) is 4.44. The predicted octanol–water partition coefficient (Wildman–Crippen LogP) is 3.40. The van der Waals surface area contributed by atoms with Crippen molar-refractivity contribution in [2.24, 2.45) is 0 Å². The van der Waals surface area contributed by atoms with Crippen LogP contribution in [0.15, 0.2) is 36.4 Å². The molecule has 0 aliphatic rings. The number of phenolic OH excluding ortho intramolecular Hbond substituents is 1. The number of carbonyl (C=O) groups is 1. The Kier molecular flexibility index (Phi) is 3.51. The Bertz CT molecular complexity index is 638. The molecule has 0 aromatic heterocycles. The molecule has 2 aromatic rings. The minimum atomic E-state index is -0.387. The largest absolute Gasteiger partial charge is 0.506 e. The molecule has 0 atom stereocenters. The zero-order chi connectivity index (χ0) is 14.0. The molecular formula is C15H14FNO2. The van der Waals surface area contributed by atoms with E-state index in [-0.39, 0.29) is 17.5 Å². The molecule has 19 heavy (non-hydrogen) atoms. The first-order chi connectivity index (χ1) is 8.97. The Balaban J connectivity index is 2.23. The second-order valence-electron chi connectivity index (χ2n) is 4.44. The van der Waals surface area contributed by atoms with E-state index in [0.717, 1.165) is 5.56 Å². The molecular weight excluding hydrogens is 245 g/mol. The van der Waals surface area contributed by atoms with Gasteiger partial charge in [-0.2, -0.15) is 0 Å². The number of anilines is 1. The van der Waals surface area contributed by atoms with Crippen LogP contribution in [0.3, 0.4) is 0 Å². The van der Waals surface area contributed by atoms with Crippen LogP contribution < -0.4 is 5.32 Å². The van der Waals surface area contributed by atoms with Crippen LogP contribution in [-0.2, 0) is 0 Å². The van der Waals surface area contributed by atoms with Crippen LogP contribution in [0.1, 0.15) is 21.5 Å². The molecule has 0 saturated heterocycles. The first-order valence-corrected chi connectivity index (χ1v) is 5.84. The number of nitrogens with one attached hydrogen (secondary N) is 1. The number of rotatable bonds is 2. The first-order valence-electron chi connectivity index (χ1n) is 5.84. The number of aryl methyl sites for hydroxylation is 2. The monoisotopic (exact) mass is 259 g/mol. The maximum absolute atomic E-state index is 13.1. The number of hydrogen-bond acceptors (Lipinski definition) is 2. The van der Waals surface area contributed by atoms with Crippen LogP contribution >= 0.6 is 0 Å². The molecule has 1 amide bonds. The van der Waals surface area contributed by atoms with Gasteiger partial charge in [0.1, 0.15) is 11.6 Å². The lowest BCUT2D eigenvalue weighted by atomic mass is 10.1. The molecule has 0 unspecified atom stereocenters. The molecule has 0 heterocycles. The van der Waals surface area contributed by atoms with Crippen molar-refractivity contribution in [3.63, 3.8) is 0 Å². The molecule has 0 aliphatic carbocycles. The maximum Gasteiger partial charge on any atom is 0.255 e. The SMILES string of the molecule is Cc1ccc(NC(=O)c2ccc(F)c(C)c2)c(O)c1. The Labute approximate surface area is 110 Å². The molecule has 0 aliphatic heterocycles. The Morgan fingerprint density at radius 3 is 2.53 bits per heavy atom. The molecule has 0 radical (unpaired) electrons. The van der Waals surface area contributed by atoms with Crippen LogP contribution in [0.2, 0.25) is 0 Å². The van der Waals surface area contributed by atoms with Crippen LogP contribution in [0, 0.1) is 19.7 Å². The van der Waals surface area contributed by atoms with Crippen molar-refractivity contribution < 1.29 is 14.3 Å². The van der Waals surface area contributed by atoms with E-state index < -0.39 is 0 Å². The summed E-state index contributed by atoms with van der Waals surface area (Å²) in [6.45, 7) is 3.43. The van der Waals surface area contributed by atoms with Gasteiger partial charge in [0.15, 0.2) is 0 Å². The highest BCUT2D eigenvalue weighted by molar-refractivity contribution is 6.05. The van der Waals surface area contributed by atoms with Crippen molar-refractivity contribution in [3.8, 4) is 5.75 Å². The summed E-state index contributed by atoms with van der Waals surface area (Å²) in [5.41, 5.74) is 1.98. The lowest BCUT2D eigenvalue weighted by Gasteiger charge is -2.08. The van der Waals surface area contributed by atoms with Crippen molar-refractivity contribution in [2.45, 2.75) is 13.8 Å². The maximum atomic E-state index is 13.1. The van der Waals surface area contributed by atoms with Gasteiger partial charge in [0, 0.05) is 5.56 Å². The number of hydrogen-bond donors (Lipinski definition) is 2. The van der Waals surface area contributed by atoms with Crippen molar-refractivity contribution in [1.29, 1.82) is 0 Å². The van der Waals surface area contributed by atoms with Crippen molar-refractivity contribution in [2.75, 3.05) is 5.32 Å². The molecule has 98 valence electrons. The lowest BCUT2D eigenvalue weighted by Crippen LogP contribution is -2.12. The molecule has 2 N–H and O–H groups in total. The molecule has 2 rings (SSSR count). The summed E-state index contributed by atoms with van der Waals surface area (Å²) < 4.78 is 13.1. The van der Waals surface area contributed by atoms with Crippen molar-refractivity contribution in [1.82, 2.24) is 0 Å². The number of benzene rings is 2. The fourth-order valence-electron chi connectivity index (χ4n) is 1.73. The highest BCUT2D eigenvalue weighted by Crippen LogP contribution is 2.24. The van der Waals surface area contributed by atoms with E-state index in [2.05, 4.69) is 5.32 Å². The van der Waals surface area contributed by atoms with Gasteiger partial charge in [-0.1, -0.05) is 6.07 Å². The molecule has 0 spiro atoms. The van der Waals surface area contributed by atoms with E-state index in [4.69, 9.17) is 0 Å². The summed E-state index contributed by atoms with van der Waals surface area (Å²) in [6.07, 6.45) is 0. The fraction of sp³-hybridized carbons (Fsp3) is 0.133. The average molecular weight is 259 g/mol. The summed E-state index contributed by atoms with van der Waals surface area (Å²) in [5, 5.41) is 12.3. The van der Waals surface area contributed by atoms with Gasteiger partial charge < -0.3 is 10.4 Å². The quantitative estimate of drug-likeness (QED) is 0.812. The van der Waals surface area contributed by atoms with Gasteiger partial charge in [-0.25, -0.2) is 4.39 Å². The predicted molar refractivity (Wildman–Crippen MR) is 71.9 cm³/mol. The van der Waals surface area contributed by atoms with Gasteiger partial charge in [0.05, 0.1) is 5.69 Å². The summed E-state index contributed by atoms with van der Waals surface area (Å²) >= 11 is 0. The Morgan fingerprint density at radius 2 is 1.89 bits per heavy atom. The highest BCUT2D eigenvalue weighted by Gasteiger charge is 2.10. The van der Waals surface area contributed by atoms with E-state index in [9.17, 15) is 14.3 Å². The minimum absolute atomic E-state index is 0.00665. The third-order valence-electron chi connectivity index (χ3n) is 2.82. The van der Waals surface area contributed by atoms with E-state index in [1.54, 1.807) is 25.1 Å². The normalized spacial score (nSPS) is 10.3.